The number of anilines is 1. The van der Waals surface area contributed by atoms with Crippen LogP contribution >= 0.6 is 15.9 Å². The van der Waals surface area contributed by atoms with Crippen LogP contribution < -0.4 is 10.1 Å². The largest absolute Gasteiger partial charge is 0.478 e. The number of nitrogens with zero attached hydrogens (tertiary/aromatic N) is 3. The number of aliphatic imine (C=N–C) groups is 1. The summed E-state index contributed by atoms with van der Waals surface area (Å²) in [5.41, 5.74) is 2.26. The Labute approximate surface area is 197 Å². The van der Waals surface area contributed by atoms with E-state index in [1.807, 2.05) is 6.07 Å². The van der Waals surface area contributed by atoms with Gasteiger partial charge in [0.05, 0.1) is 5.56 Å². The van der Waals surface area contributed by atoms with Crippen LogP contribution in [0.3, 0.4) is 0 Å². The zero-order chi connectivity index (χ0) is 23.2. The Kier molecular flexibility index (Phi) is 6.57. The molecule has 1 amide bonds. The number of hydrogen-bond acceptors (Lipinski definition) is 7. The van der Waals surface area contributed by atoms with Crippen LogP contribution in [0.2, 0.25) is 0 Å². The summed E-state index contributed by atoms with van der Waals surface area (Å²) in [5.74, 6) is -0.289. The van der Waals surface area contributed by atoms with Crippen LogP contribution in [0.5, 0.6) is 5.75 Å². The van der Waals surface area contributed by atoms with E-state index in [-0.39, 0.29) is 24.1 Å². The molecule has 0 aliphatic carbocycles. The number of nitriles is 1. The van der Waals surface area contributed by atoms with Crippen LogP contribution in [-0.2, 0) is 9.53 Å². The van der Waals surface area contributed by atoms with Gasteiger partial charge in [0.1, 0.15) is 11.8 Å². The number of carbonyl (C=O) groups is 2. The highest BCUT2D eigenvalue weighted by molar-refractivity contribution is 9.10. The van der Waals surface area contributed by atoms with Gasteiger partial charge in [-0.05, 0) is 58.4 Å². The molecule has 1 aliphatic rings. The first-order valence-electron chi connectivity index (χ1n) is 9.67. The molecule has 0 atom stereocenters. The van der Waals surface area contributed by atoms with Crippen LogP contribution in [0.1, 0.15) is 21.5 Å². The van der Waals surface area contributed by atoms with Crippen molar-refractivity contribution in [3.63, 3.8) is 0 Å². The molecule has 8 nitrogen and oxygen atoms in total. The lowest BCUT2D eigenvalue weighted by atomic mass is 10.1. The van der Waals surface area contributed by atoms with E-state index in [1.165, 1.54) is 6.20 Å². The van der Waals surface area contributed by atoms with E-state index in [2.05, 4.69) is 31.2 Å². The first-order valence-corrected chi connectivity index (χ1v) is 10.5. The lowest BCUT2D eigenvalue weighted by Crippen LogP contribution is -2.12. The van der Waals surface area contributed by atoms with Gasteiger partial charge in [0.25, 0.3) is 5.91 Å². The Morgan fingerprint density at radius 2 is 1.97 bits per heavy atom. The second-order valence-electron chi connectivity index (χ2n) is 6.74. The summed E-state index contributed by atoms with van der Waals surface area (Å²) < 4.78 is 11.4. The number of benzene rings is 2. The summed E-state index contributed by atoms with van der Waals surface area (Å²) >= 11 is 3.29. The monoisotopic (exact) mass is 502 g/mol. The average molecular weight is 503 g/mol. The third-order valence-electron chi connectivity index (χ3n) is 4.48. The molecule has 1 aliphatic heterocycles. The van der Waals surface area contributed by atoms with E-state index in [4.69, 9.17) is 14.7 Å². The molecule has 0 spiro atoms. The molecule has 4 rings (SSSR count). The van der Waals surface area contributed by atoms with Gasteiger partial charge in [-0.15, -0.1) is 0 Å². The number of rotatable bonds is 6. The van der Waals surface area contributed by atoms with E-state index in [1.54, 1.807) is 66.9 Å². The van der Waals surface area contributed by atoms with Crippen molar-refractivity contribution in [1.82, 2.24) is 4.98 Å². The summed E-state index contributed by atoms with van der Waals surface area (Å²) in [7, 11) is 0. The van der Waals surface area contributed by atoms with E-state index in [0.717, 1.165) is 0 Å². The quantitative estimate of drug-likeness (QED) is 0.396. The minimum Gasteiger partial charge on any atom is -0.478 e. The summed E-state index contributed by atoms with van der Waals surface area (Å²) in [6.45, 7) is -0.111. The molecule has 162 valence electrons. The van der Waals surface area contributed by atoms with E-state index < -0.39 is 5.97 Å². The van der Waals surface area contributed by atoms with Gasteiger partial charge in [-0.3, -0.25) is 9.78 Å². The number of amides is 1. The van der Waals surface area contributed by atoms with Crippen LogP contribution in [-0.4, -0.2) is 29.4 Å². The van der Waals surface area contributed by atoms with Crippen molar-refractivity contribution in [2.75, 3.05) is 11.9 Å². The normalized spacial score (nSPS) is 13.8. The smallest absolute Gasteiger partial charge is 0.363 e. The number of pyridine rings is 1. The van der Waals surface area contributed by atoms with Crippen LogP contribution in [0, 0.1) is 11.3 Å². The number of cyclic esters (lactones) is 1. The summed E-state index contributed by atoms with van der Waals surface area (Å²) in [4.78, 5) is 32.9. The van der Waals surface area contributed by atoms with Crippen LogP contribution in [0.25, 0.3) is 6.08 Å². The number of esters is 1. The molecular weight excluding hydrogens is 488 g/mol. The maximum atomic E-state index is 12.4. The molecule has 9 heteroatoms. The predicted molar refractivity (Wildman–Crippen MR) is 124 cm³/mol. The minimum absolute atomic E-state index is 0.109. The molecule has 3 aromatic rings. The van der Waals surface area contributed by atoms with Gasteiger partial charge < -0.3 is 14.8 Å². The molecule has 0 bridgehead atoms. The topological polar surface area (TPSA) is 114 Å². The van der Waals surface area contributed by atoms with Gasteiger partial charge in [0.2, 0.25) is 5.90 Å². The third-order valence-corrected chi connectivity index (χ3v) is 4.91. The van der Waals surface area contributed by atoms with Gasteiger partial charge in [0, 0.05) is 33.7 Å². The first-order chi connectivity index (χ1) is 16.0. The lowest BCUT2D eigenvalue weighted by Gasteiger charge is -2.06. The fourth-order valence-electron chi connectivity index (χ4n) is 2.96. The number of para-hydroxylation sites is 1. The van der Waals surface area contributed by atoms with E-state index in [0.29, 0.717) is 32.6 Å². The zero-order valence-corrected chi connectivity index (χ0v) is 18.6. The van der Waals surface area contributed by atoms with Crippen molar-refractivity contribution < 1.29 is 19.1 Å². The van der Waals surface area contributed by atoms with Gasteiger partial charge >= 0.3 is 5.97 Å². The molecular formula is C24H15BrN4O4. The summed E-state index contributed by atoms with van der Waals surface area (Å²) in [6.07, 6.45) is 4.61. The van der Waals surface area contributed by atoms with Crippen molar-refractivity contribution in [3.05, 3.63) is 93.9 Å². The minimum atomic E-state index is -0.598. The highest BCUT2D eigenvalue weighted by Crippen LogP contribution is 2.25. The molecule has 0 fully saturated rings. The van der Waals surface area contributed by atoms with Crippen LogP contribution in [0.15, 0.2) is 82.2 Å². The lowest BCUT2D eigenvalue weighted by molar-refractivity contribution is -0.129. The van der Waals surface area contributed by atoms with Crippen molar-refractivity contribution >= 4 is 45.5 Å². The van der Waals surface area contributed by atoms with E-state index in [9.17, 15) is 9.59 Å². The Morgan fingerprint density at radius 1 is 1.18 bits per heavy atom. The SMILES string of the molecule is N#CCOc1ccccc1/C=C1\N=C(c2ccc(NC(=O)c3cncc(Br)c3)cc2)OC1=O. The third kappa shape index (κ3) is 5.31. The molecule has 0 saturated carbocycles. The highest BCUT2D eigenvalue weighted by atomic mass is 79.9. The molecule has 0 saturated heterocycles. The Balaban J connectivity index is 1.50. The van der Waals surface area contributed by atoms with Crippen molar-refractivity contribution in [1.29, 1.82) is 5.26 Å². The number of nitrogens with one attached hydrogen (secondary N) is 1. The summed E-state index contributed by atoms with van der Waals surface area (Å²) in [6, 6.07) is 17.3. The molecule has 0 unspecified atom stereocenters. The Bertz CT molecular complexity index is 1330. The number of carbonyl (C=O) groups excluding carboxylic acids is 2. The zero-order valence-electron chi connectivity index (χ0n) is 17.0. The first kappa shape index (κ1) is 21.9. The second-order valence-corrected chi connectivity index (χ2v) is 7.66. The number of ether oxygens (including phenoxy) is 2. The maximum absolute atomic E-state index is 12.4. The fraction of sp³-hybridized carbons (Fsp3) is 0.0417. The number of hydrogen-bond donors (Lipinski definition) is 1. The maximum Gasteiger partial charge on any atom is 0.363 e. The highest BCUT2D eigenvalue weighted by Gasteiger charge is 2.24. The van der Waals surface area contributed by atoms with Crippen molar-refractivity contribution in [2.24, 2.45) is 4.99 Å². The molecule has 2 aromatic carbocycles. The van der Waals surface area contributed by atoms with Gasteiger partial charge in [-0.1, -0.05) is 18.2 Å². The average Bonchev–Trinajstić information content (AvgIpc) is 3.19. The molecule has 1 aromatic heterocycles. The predicted octanol–water partition coefficient (Wildman–Crippen LogP) is 4.34. The molecule has 0 radical (unpaired) electrons. The van der Waals surface area contributed by atoms with Gasteiger partial charge in [-0.2, -0.15) is 5.26 Å². The van der Waals surface area contributed by atoms with Crippen molar-refractivity contribution in [3.8, 4) is 11.8 Å². The second kappa shape index (κ2) is 9.89. The van der Waals surface area contributed by atoms with E-state index >= 15 is 0 Å². The Hall–Kier alpha value is -4.29. The van der Waals surface area contributed by atoms with Crippen molar-refractivity contribution in [2.45, 2.75) is 0 Å². The standard InChI is InChI=1S/C24H15BrN4O4/c25-18-11-17(13-27-14-18)22(30)28-19-7-5-15(6-8-19)23-29-20(24(31)33-23)12-16-3-1-2-4-21(16)32-10-9-26/h1-8,11-14H,10H2,(H,28,30)/b20-12-. The molecule has 2 heterocycles. The number of aromatic nitrogens is 1. The van der Waals surface area contributed by atoms with Crippen LogP contribution in [0.4, 0.5) is 5.69 Å². The Morgan fingerprint density at radius 3 is 2.73 bits per heavy atom. The molecule has 1 N–H and O–H groups in total. The summed E-state index contributed by atoms with van der Waals surface area (Å²) in [5, 5.41) is 11.5. The van der Waals surface area contributed by atoms with Gasteiger partial charge in [-0.25, -0.2) is 9.79 Å². The molecule has 33 heavy (non-hydrogen) atoms. The number of halogens is 1. The fourth-order valence-corrected chi connectivity index (χ4v) is 3.32. The van der Waals surface area contributed by atoms with Gasteiger partial charge in [0.15, 0.2) is 12.3 Å².